The summed E-state index contributed by atoms with van der Waals surface area (Å²) in [6.45, 7) is 5.88. The van der Waals surface area contributed by atoms with Gasteiger partial charge in [-0.15, -0.1) is 6.58 Å². The van der Waals surface area contributed by atoms with E-state index >= 15 is 0 Å². The standard InChI is InChI=1S/C13H23N3O3/c1-5-9-6-10(13(18)19)15-12(9)11(7-16(3)4)14-8(2)17/h5,9-12,15H,1,6-7H2,2-4H3,(H,14,17)(H,18,19)/t9-,10-,11+,12?/m1/s1. The van der Waals surface area contributed by atoms with E-state index in [0.717, 1.165) is 0 Å². The van der Waals surface area contributed by atoms with E-state index in [2.05, 4.69) is 17.2 Å². The van der Waals surface area contributed by atoms with Gasteiger partial charge in [-0.25, -0.2) is 0 Å². The normalized spacial score (nSPS) is 28.1. The first-order chi connectivity index (χ1) is 8.85. The zero-order valence-corrected chi connectivity index (χ0v) is 11.7. The number of rotatable bonds is 6. The highest BCUT2D eigenvalue weighted by Gasteiger charge is 2.40. The number of hydrogen-bond donors (Lipinski definition) is 3. The molecule has 1 rings (SSSR count). The summed E-state index contributed by atoms with van der Waals surface area (Å²) >= 11 is 0. The molecule has 3 N–H and O–H groups in total. The van der Waals surface area contributed by atoms with Gasteiger partial charge in [0.15, 0.2) is 0 Å². The van der Waals surface area contributed by atoms with E-state index in [4.69, 9.17) is 5.11 Å². The fraction of sp³-hybridized carbons (Fsp3) is 0.692. The molecule has 0 aromatic rings. The van der Waals surface area contributed by atoms with Crippen LogP contribution in [0.2, 0.25) is 0 Å². The third-order valence-corrected chi connectivity index (χ3v) is 3.35. The molecular weight excluding hydrogens is 246 g/mol. The monoisotopic (exact) mass is 269 g/mol. The lowest BCUT2D eigenvalue weighted by atomic mass is 9.93. The Morgan fingerprint density at radius 2 is 2.21 bits per heavy atom. The summed E-state index contributed by atoms with van der Waals surface area (Å²) in [7, 11) is 3.84. The lowest BCUT2D eigenvalue weighted by Crippen LogP contribution is -2.55. The molecule has 4 atom stereocenters. The number of carboxylic acids is 1. The summed E-state index contributed by atoms with van der Waals surface area (Å²) in [5.41, 5.74) is 0. The first-order valence-corrected chi connectivity index (χ1v) is 6.38. The highest BCUT2D eigenvalue weighted by Crippen LogP contribution is 2.24. The van der Waals surface area contributed by atoms with E-state index < -0.39 is 12.0 Å². The third kappa shape index (κ3) is 4.33. The van der Waals surface area contributed by atoms with Gasteiger partial charge in [0.25, 0.3) is 0 Å². The molecule has 1 aliphatic heterocycles. The van der Waals surface area contributed by atoms with Crippen LogP contribution in [0.25, 0.3) is 0 Å². The van der Waals surface area contributed by atoms with E-state index in [9.17, 15) is 9.59 Å². The van der Waals surface area contributed by atoms with E-state index in [1.165, 1.54) is 6.92 Å². The minimum Gasteiger partial charge on any atom is -0.480 e. The molecule has 1 aliphatic rings. The Hall–Kier alpha value is -1.40. The van der Waals surface area contributed by atoms with Gasteiger partial charge in [0.1, 0.15) is 6.04 Å². The molecule has 1 saturated heterocycles. The van der Waals surface area contributed by atoms with Crippen LogP contribution in [0.1, 0.15) is 13.3 Å². The molecule has 0 spiro atoms. The molecule has 0 saturated carbocycles. The Labute approximate surface area is 113 Å². The topological polar surface area (TPSA) is 81.7 Å². The maximum Gasteiger partial charge on any atom is 0.320 e. The molecule has 1 heterocycles. The van der Waals surface area contributed by atoms with Crippen molar-refractivity contribution in [2.24, 2.45) is 5.92 Å². The minimum atomic E-state index is -0.860. The average Bonchev–Trinajstić information content (AvgIpc) is 2.70. The van der Waals surface area contributed by atoms with Crippen LogP contribution in [0, 0.1) is 5.92 Å². The lowest BCUT2D eigenvalue weighted by molar-refractivity contribution is -0.139. The predicted octanol–water partition coefficient (Wildman–Crippen LogP) is -0.330. The van der Waals surface area contributed by atoms with Crippen LogP contribution in [-0.4, -0.2) is 60.6 Å². The Bertz CT molecular complexity index is 357. The smallest absolute Gasteiger partial charge is 0.320 e. The van der Waals surface area contributed by atoms with E-state index in [-0.39, 0.29) is 23.9 Å². The fourth-order valence-electron chi connectivity index (χ4n) is 2.58. The molecule has 6 nitrogen and oxygen atoms in total. The molecule has 0 bridgehead atoms. The molecule has 1 fully saturated rings. The second-order valence-corrected chi connectivity index (χ2v) is 5.29. The van der Waals surface area contributed by atoms with E-state index in [1.54, 1.807) is 6.08 Å². The predicted molar refractivity (Wildman–Crippen MR) is 72.8 cm³/mol. The van der Waals surface area contributed by atoms with Crippen LogP contribution >= 0.6 is 0 Å². The van der Waals surface area contributed by atoms with Crippen molar-refractivity contribution < 1.29 is 14.7 Å². The van der Waals surface area contributed by atoms with Crippen molar-refractivity contribution in [3.63, 3.8) is 0 Å². The number of hydrogen-bond acceptors (Lipinski definition) is 4. The maximum absolute atomic E-state index is 11.3. The second-order valence-electron chi connectivity index (χ2n) is 5.29. The van der Waals surface area contributed by atoms with Crippen molar-refractivity contribution in [3.05, 3.63) is 12.7 Å². The van der Waals surface area contributed by atoms with Gasteiger partial charge in [-0.3, -0.25) is 14.9 Å². The molecule has 108 valence electrons. The summed E-state index contributed by atoms with van der Waals surface area (Å²) in [4.78, 5) is 24.4. The van der Waals surface area contributed by atoms with Gasteiger partial charge in [0, 0.05) is 19.5 Å². The van der Waals surface area contributed by atoms with Crippen molar-refractivity contribution in [1.29, 1.82) is 0 Å². The largest absolute Gasteiger partial charge is 0.480 e. The van der Waals surface area contributed by atoms with Crippen molar-refractivity contribution in [2.75, 3.05) is 20.6 Å². The van der Waals surface area contributed by atoms with Gasteiger partial charge in [0.05, 0.1) is 6.04 Å². The number of carbonyl (C=O) groups is 2. The van der Waals surface area contributed by atoms with Gasteiger partial charge in [-0.05, 0) is 26.4 Å². The van der Waals surface area contributed by atoms with E-state index in [1.807, 2.05) is 19.0 Å². The first-order valence-electron chi connectivity index (χ1n) is 6.38. The molecular formula is C13H23N3O3. The Balaban J connectivity index is 2.83. The Morgan fingerprint density at radius 1 is 1.58 bits per heavy atom. The third-order valence-electron chi connectivity index (χ3n) is 3.35. The van der Waals surface area contributed by atoms with Crippen LogP contribution in [-0.2, 0) is 9.59 Å². The van der Waals surface area contributed by atoms with Gasteiger partial charge < -0.3 is 15.3 Å². The molecule has 1 amide bonds. The summed E-state index contributed by atoms with van der Waals surface area (Å²) in [5.74, 6) is -0.936. The molecule has 0 aromatic heterocycles. The van der Waals surface area contributed by atoms with Crippen LogP contribution in [0.3, 0.4) is 0 Å². The van der Waals surface area contributed by atoms with Crippen molar-refractivity contribution in [1.82, 2.24) is 15.5 Å². The van der Waals surface area contributed by atoms with Crippen molar-refractivity contribution in [3.8, 4) is 0 Å². The number of amides is 1. The SMILES string of the molecule is C=C[C@@H]1C[C@H](C(=O)O)NC1[C@H](CN(C)C)NC(C)=O. The molecule has 0 aliphatic carbocycles. The van der Waals surface area contributed by atoms with Gasteiger partial charge in [-0.2, -0.15) is 0 Å². The maximum atomic E-state index is 11.3. The number of aliphatic carboxylic acids is 1. The first kappa shape index (κ1) is 15.7. The second kappa shape index (κ2) is 6.68. The summed E-state index contributed by atoms with van der Waals surface area (Å²) < 4.78 is 0. The van der Waals surface area contributed by atoms with Crippen LogP contribution in [0.4, 0.5) is 0 Å². The van der Waals surface area contributed by atoms with Gasteiger partial charge in [-0.1, -0.05) is 6.08 Å². The molecule has 1 unspecified atom stereocenters. The zero-order chi connectivity index (χ0) is 14.6. The Morgan fingerprint density at radius 3 is 2.63 bits per heavy atom. The lowest BCUT2D eigenvalue weighted by Gasteiger charge is -2.30. The molecule has 0 aromatic carbocycles. The van der Waals surface area contributed by atoms with Crippen molar-refractivity contribution in [2.45, 2.75) is 31.5 Å². The molecule has 19 heavy (non-hydrogen) atoms. The summed E-state index contributed by atoms with van der Waals surface area (Å²) in [5, 5.41) is 15.1. The fourth-order valence-corrected chi connectivity index (χ4v) is 2.58. The van der Waals surface area contributed by atoms with Crippen LogP contribution in [0.15, 0.2) is 12.7 Å². The quantitative estimate of drug-likeness (QED) is 0.575. The minimum absolute atomic E-state index is 0.0397. The van der Waals surface area contributed by atoms with E-state index in [0.29, 0.717) is 13.0 Å². The zero-order valence-electron chi connectivity index (χ0n) is 11.7. The average molecular weight is 269 g/mol. The van der Waals surface area contributed by atoms with Gasteiger partial charge in [0.2, 0.25) is 5.91 Å². The summed E-state index contributed by atoms with van der Waals surface area (Å²) in [6, 6.07) is -0.823. The Kier molecular flexibility index (Phi) is 5.50. The number of carboxylic acid groups (broad SMARTS) is 1. The number of nitrogens with one attached hydrogen (secondary N) is 2. The highest BCUT2D eigenvalue weighted by atomic mass is 16.4. The van der Waals surface area contributed by atoms with Gasteiger partial charge >= 0.3 is 5.97 Å². The molecule has 6 heteroatoms. The number of carbonyl (C=O) groups excluding carboxylic acids is 1. The highest BCUT2D eigenvalue weighted by molar-refractivity contribution is 5.75. The van der Waals surface area contributed by atoms with Crippen LogP contribution < -0.4 is 10.6 Å². The number of nitrogens with zero attached hydrogens (tertiary/aromatic N) is 1. The summed E-state index contributed by atoms with van der Waals surface area (Å²) in [6.07, 6.45) is 2.28. The number of likely N-dealkylation sites (N-methyl/N-ethyl adjacent to an activating group) is 1. The van der Waals surface area contributed by atoms with Crippen LogP contribution in [0.5, 0.6) is 0 Å². The molecule has 0 radical (unpaired) electrons. The van der Waals surface area contributed by atoms with Crippen molar-refractivity contribution >= 4 is 11.9 Å².